The molecule has 0 aromatic heterocycles. The molecule has 1 aromatic carbocycles. The maximum Gasteiger partial charge on any atom is 0.148 e. The zero-order valence-electron chi connectivity index (χ0n) is 11.2. The van der Waals surface area contributed by atoms with Gasteiger partial charge in [-0.05, 0) is 24.1 Å². The summed E-state index contributed by atoms with van der Waals surface area (Å²) >= 11 is 5.03. The van der Waals surface area contributed by atoms with Crippen LogP contribution in [0.3, 0.4) is 0 Å². The molecule has 2 unspecified atom stereocenters. The fourth-order valence-corrected chi connectivity index (χ4v) is 4.56. The molecule has 0 heterocycles. The van der Waals surface area contributed by atoms with Gasteiger partial charge in [0.05, 0.1) is 5.75 Å². The van der Waals surface area contributed by atoms with Crippen molar-refractivity contribution in [3.05, 3.63) is 34.3 Å². The number of sulfone groups is 1. The minimum Gasteiger partial charge on any atom is -0.326 e. The Kier molecular flexibility index (Phi) is 6.86. The van der Waals surface area contributed by atoms with E-state index in [2.05, 4.69) is 15.9 Å². The van der Waals surface area contributed by atoms with E-state index in [-0.39, 0.29) is 17.0 Å². The van der Waals surface area contributed by atoms with E-state index in [0.717, 1.165) is 16.5 Å². The molecule has 0 amide bonds. The molecule has 0 aliphatic carbocycles. The van der Waals surface area contributed by atoms with Gasteiger partial charge in [-0.25, -0.2) is 8.42 Å². The maximum atomic E-state index is 11.2. The zero-order valence-corrected chi connectivity index (χ0v) is 14.4. The molecule has 3 nitrogen and oxygen atoms in total. The van der Waals surface area contributed by atoms with Crippen LogP contribution in [0, 0.1) is 0 Å². The first-order chi connectivity index (χ1) is 8.83. The van der Waals surface area contributed by atoms with E-state index in [0.29, 0.717) is 5.75 Å². The molecule has 0 saturated heterocycles. The Labute approximate surface area is 128 Å². The molecule has 0 aliphatic heterocycles. The zero-order chi connectivity index (χ0) is 14.5. The van der Waals surface area contributed by atoms with Gasteiger partial charge in [-0.1, -0.05) is 35.0 Å². The molecular formula is C13H20BrNO2S2. The fourth-order valence-electron chi connectivity index (χ4n) is 1.66. The first-order valence-corrected chi connectivity index (χ1v) is 10.0. The molecule has 2 N–H and O–H groups in total. The molecule has 0 bridgehead atoms. The largest absolute Gasteiger partial charge is 0.326 e. The fraction of sp³-hybridized carbons (Fsp3) is 0.538. The molecule has 1 aromatic rings. The SMILES string of the molecule is CCC(N)C(SCCS(C)(=O)=O)c1ccc(Br)cc1. The van der Waals surface area contributed by atoms with Gasteiger partial charge in [-0.3, -0.25) is 0 Å². The van der Waals surface area contributed by atoms with Crippen molar-refractivity contribution in [3.63, 3.8) is 0 Å². The number of thioether (sulfide) groups is 1. The normalized spacial score (nSPS) is 15.2. The summed E-state index contributed by atoms with van der Waals surface area (Å²) in [5.41, 5.74) is 7.30. The summed E-state index contributed by atoms with van der Waals surface area (Å²) in [5, 5.41) is 0.139. The molecule has 0 spiro atoms. The molecule has 6 heteroatoms. The highest BCUT2D eigenvalue weighted by Crippen LogP contribution is 2.33. The Balaban J connectivity index is 2.75. The monoisotopic (exact) mass is 365 g/mol. The number of hydrogen-bond donors (Lipinski definition) is 1. The highest BCUT2D eigenvalue weighted by atomic mass is 79.9. The van der Waals surface area contributed by atoms with Crippen LogP contribution in [-0.2, 0) is 9.84 Å². The summed E-state index contributed by atoms with van der Waals surface area (Å²) in [6, 6.07) is 8.09. The van der Waals surface area contributed by atoms with Crippen LogP contribution >= 0.6 is 27.7 Å². The molecule has 108 valence electrons. The highest BCUT2D eigenvalue weighted by molar-refractivity contribution is 9.10. The minimum absolute atomic E-state index is 0.0331. The van der Waals surface area contributed by atoms with Crippen molar-refractivity contribution in [1.82, 2.24) is 0 Å². The van der Waals surface area contributed by atoms with Crippen LogP contribution < -0.4 is 5.73 Å². The van der Waals surface area contributed by atoms with Crippen LogP contribution in [-0.4, -0.2) is 32.2 Å². The van der Waals surface area contributed by atoms with E-state index in [1.165, 1.54) is 6.26 Å². The van der Waals surface area contributed by atoms with Gasteiger partial charge in [0.25, 0.3) is 0 Å². The van der Waals surface area contributed by atoms with Crippen molar-refractivity contribution < 1.29 is 8.42 Å². The van der Waals surface area contributed by atoms with Gasteiger partial charge in [0.1, 0.15) is 9.84 Å². The maximum absolute atomic E-state index is 11.2. The highest BCUT2D eigenvalue weighted by Gasteiger charge is 2.19. The molecule has 0 saturated carbocycles. The third-order valence-corrected chi connectivity index (χ3v) is 5.96. The summed E-state index contributed by atoms with van der Waals surface area (Å²) in [6.45, 7) is 2.05. The lowest BCUT2D eigenvalue weighted by molar-refractivity contribution is 0.603. The van der Waals surface area contributed by atoms with Crippen LogP contribution in [0.4, 0.5) is 0 Å². The van der Waals surface area contributed by atoms with Crippen LogP contribution in [0.2, 0.25) is 0 Å². The third kappa shape index (κ3) is 6.29. The van der Waals surface area contributed by atoms with Crippen LogP contribution in [0.25, 0.3) is 0 Å². The summed E-state index contributed by atoms with van der Waals surface area (Å²) in [4.78, 5) is 0. The van der Waals surface area contributed by atoms with Crippen molar-refractivity contribution in [2.24, 2.45) is 5.73 Å². The van der Waals surface area contributed by atoms with E-state index in [9.17, 15) is 8.42 Å². The van der Waals surface area contributed by atoms with Crippen molar-refractivity contribution in [2.45, 2.75) is 24.6 Å². The van der Waals surface area contributed by atoms with E-state index < -0.39 is 9.84 Å². The van der Waals surface area contributed by atoms with E-state index in [4.69, 9.17) is 5.73 Å². The van der Waals surface area contributed by atoms with Gasteiger partial charge in [0.2, 0.25) is 0 Å². The third-order valence-electron chi connectivity index (χ3n) is 2.81. The average molecular weight is 366 g/mol. The predicted octanol–water partition coefficient (Wildman–Crippen LogP) is 3.01. The summed E-state index contributed by atoms with van der Waals surface area (Å²) in [7, 11) is -2.91. The second kappa shape index (κ2) is 7.67. The molecule has 2 atom stereocenters. The Bertz CT molecular complexity index is 488. The average Bonchev–Trinajstić information content (AvgIpc) is 2.34. The Morgan fingerprint density at radius 2 is 1.89 bits per heavy atom. The smallest absolute Gasteiger partial charge is 0.148 e. The second-order valence-corrected chi connectivity index (χ2v) is 8.97. The standard InChI is InChI=1S/C13H20BrNO2S2/c1-3-12(15)13(18-8-9-19(2,16)17)10-4-6-11(14)7-5-10/h4-7,12-13H,3,8-9,15H2,1-2H3. The van der Waals surface area contributed by atoms with Crippen LogP contribution in [0.1, 0.15) is 24.2 Å². The number of rotatable bonds is 7. The van der Waals surface area contributed by atoms with Gasteiger partial charge in [-0.15, -0.1) is 0 Å². The van der Waals surface area contributed by atoms with Crippen LogP contribution in [0.15, 0.2) is 28.7 Å². The first-order valence-electron chi connectivity index (χ1n) is 6.14. The van der Waals surface area contributed by atoms with Gasteiger partial charge in [0.15, 0.2) is 0 Å². The lowest BCUT2D eigenvalue weighted by Crippen LogP contribution is -2.26. The number of halogens is 1. The summed E-state index contributed by atoms with van der Waals surface area (Å²) in [5.74, 6) is 0.772. The van der Waals surface area contributed by atoms with Gasteiger partial charge in [0, 0.05) is 27.8 Å². The molecule has 0 fully saturated rings. The van der Waals surface area contributed by atoms with Gasteiger partial charge >= 0.3 is 0 Å². The topological polar surface area (TPSA) is 60.2 Å². The van der Waals surface area contributed by atoms with Gasteiger partial charge < -0.3 is 5.73 Å². The molecule has 0 radical (unpaired) electrons. The van der Waals surface area contributed by atoms with Crippen molar-refractivity contribution in [2.75, 3.05) is 17.8 Å². The number of hydrogen-bond acceptors (Lipinski definition) is 4. The molecule has 0 aliphatic rings. The van der Waals surface area contributed by atoms with E-state index in [1.54, 1.807) is 11.8 Å². The summed E-state index contributed by atoms with van der Waals surface area (Å²) in [6.07, 6.45) is 2.13. The Morgan fingerprint density at radius 1 is 1.32 bits per heavy atom. The first kappa shape index (κ1) is 17.0. The van der Waals surface area contributed by atoms with E-state index >= 15 is 0 Å². The van der Waals surface area contributed by atoms with Crippen molar-refractivity contribution in [1.29, 1.82) is 0 Å². The lowest BCUT2D eigenvalue weighted by atomic mass is 10.0. The lowest BCUT2D eigenvalue weighted by Gasteiger charge is -2.23. The van der Waals surface area contributed by atoms with Crippen molar-refractivity contribution >= 4 is 37.5 Å². The molecular weight excluding hydrogens is 346 g/mol. The number of nitrogens with two attached hydrogens (primary N) is 1. The van der Waals surface area contributed by atoms with Gasteiger partial charge in [-0.2, -0.15) is 11.8 Å². The Morgan fingerprint density at radius 3 is 2.37 bits per heavy atom. The summed E-state index contributed by atoms with van der Waals surface area (Å²) < 4.78 is 23.4. The predicted molar refractivity (Wildman–Crippen MR) is 87.3 cm³/mol. The minimum atomic E-state index is -2.91. The second-order valence-electron chi connectivity index (χ2n) is 4.54. The van der Waals surface area contributed by atoms with Crippen molar-refractivity contribution in [3.8, 4) is 0 Å². The van der Waals surface area contributed by atoms with Crippen LogP contribution in [0.5, 0.6) is 0 Å². The van der Waals surface area contributed by atoms with E-state index in [1.807, 2.05) is 31.2 Å². The number of benzene rings is 1. The molecule has 19 heavy (non-hydrogen) atoms. The Hall–Kier alpha value is -0.0400. The quantitative estimate of drug-likeness (QED) is 0.806. The molecule has 1 rings (SSSR count).